The van der Waals surface area contributed by atoms with E-state index in [0.717, 1.165) is 43.4 Å². The summed E-state index contributed by atoms with van der Waals surface area (Å²) < 4.78 is 7.25. The molecule has 0 radical (unpaired) electrons. The zero-order chi connectivity index (χ0) is 23.2. The average molecular weight is 486 g/mol. The summed E-state index contributed by atoms with van der Waals surface area (Å²) in [6.45, 7) is 4.76. The van der Waals surface area contributed by atoms with Crippen LogP contribution in [-0.2, 0) is 28.9 Å². The smallest absolute Gasteiger partial charge is 0.341 e. The molecule has 10 heteroatoms. The lowest BCUT2D eigenvalue weighted by Gasteiger charge is -2.09. The fraction of sp³-hybridized carbons (Fsp3) is 0.435. The number of aromatic nitrogens is 4. The van der Waals surface area contributed by atoms with Gasteiger partial charge in [0.1, 0.15) is 10.7 Å². The third-order valence-corrected chi connectivity index (χ3v) is 7.59. The standard InChI is InChI=1S/C23H27N5O3S2/c1-3-28-20(16-11-8-9-13-24-16)26-27-23(28)32-14-18(29)25-21-19(22(30)31-4-2)15-10-6-5-7-12-17(15)33-21/h8-9,11,13H,3-7,10,12,14H2,1-2H3,(H,25,29). The Kier molecular flexibility index (Phi) is 7.77. The Bertz CT molecular complexity index is 1130. The van der Waals surface area contributed by atoms with Gasteiger partial charge in [-0.25, -0.2) is 4.79 Å². The number of ether oxygens (including phenoxy) is 1. The minimum absolute atomic E-state index is 0.158. The molecule has 1 amide bonds. The minimum atomic E-state index is -0.356. The van der Waals surface area contributed by atoms with Gasteiger partial charge in [-0.05, 0) is 57.2 Å². The summed E-state index contributed by atoms with van der Waals surface area (Å²) in [4.78, 5) is 31.1. The van der Waals surface area contributed by atoms with E-state index >= 15 is 0 Å². The first-order valence-electron chi connectivity index (χ1n) is 11.2. The van der Waals surface area contributed by atoms with Gasteiger partial charge in [-0.3, -0.25) is 9.78 Å². The number of amides is 1. The molecule has 3 aromatic rings. The first-order chi connectivity index (χ1) is 16.1. The second-order valence-electron chi connectivity index (χ2n) is 7.59. The van der Waals surface area contributed by atoms with Crippen molar-refractivity contribution in [1.82, 2.24) is 19.7 Å². The molecule has 0 saturated carbocycles. The minimum Gasteiger partial charge on any atom is -0.462 e. The highest BCUT2D eigenvalue weighted by Gasteiger charge is 2.26. The van der Waals surface area contributed by atoms with Crippen molar-refractivity contribution >= 4 is 40.0 Å². The van der Waals surface area contributed by atoms with Gasteiger partial charge < -0.3 is 14.6 Å². The number of carbonyl (C=O) groups is 2. The summed E-state index contributed by atoms with van der Waals surface area (Å²) in [6.07, 6.45) is 6.80. The van der Waals surface area contributed by atoms with Gasteiger partial charge in [0, 0.05) is 17.6 Å². The molecule has 4 rings (SSSR count). The molecule has 8 nitrogen and oxygen atoms in total. The van der Waals surface area contributed by atoms with E-state index in [1.165, 1.54) is 28.0 Å². The number of nitrogens with zero attached hydrogens (tertiary/aromatic N) is 4. The molecule has 174 valence electrons. The number of fused-ring (bicyclic) bond motifs is 1. The van der Waals surface area contributed by atoms with Crippen LogP contribution in [0.3, 0.4) is 0 Å². The summed E-state index contributed by atoms with van der Waals surface area (Å²) in [5, 5.41) is 12.7. The van der Waals surface area contributed by atoms with E-state index in [-0.39, 0.29) is 17.6 Å². The topological polar surface area (TPSA) is 99.0 Å². The molecule has 0 bridgehead atoms. The highest BCUT2D eigenvalue weighted by molar-refractivity contribution is 7.99. The van der Waals surface area contributed by atoms with Gasteiger partial charge in [0.05, 0.1) is 17.9 Å². The first kappa shape index (κ1) is 23.4. The largest absolute Gasteiger partial charge is 0.462 e. The normalized spacial score (nSPS) is 13.3. The monoisotopic (exact) mass is 485 g/mol. The molecule has 0 aliphatic heterocycles. The lowest BCUT2D eigenvalue weighted by Crippen LogP contribution is -2.17. The molecule has 33 heavy (non-hydrogen) atoms. The Labute approximate surface area is 201 Å². The van der Waals surface area contributed by atoms with Crippen LogP contribution in [0.15, 0.2) is 29.6 Å². The molecule has 3 heterocycles. The van der Waals surface area contributed by atoms with Crippen LogP contribution in [0.25, 0.3) is 11.5 Å². The molecule has 0 aromatic carbocycles. The van der Waals surface area contributed by atoms with Crippen LogP contribution in [0.2, 0.25) is 0 Å². The Morgan fingerprint density at radius 3 is 2.79 bits per heavy atom. The molecule has 1 aliphatic carbocycles. The first-order valence-corrected chi connectivity index (χ1v) is 13.0. The van der Waals surface area contributed by atoms with Crippen LogP contribution in [0.5, 0.6) is 0 Å². The zero-order valence-corrected chi connectivity index (χ0v) is 20.4. The van der Waals surface area contributed by atoms with Crippen molar-refractivity contribution in [2.24, 2.45) is 0 Å². The number of hydrogen-bond donors (Lipinski definition) is 1. The van der Waals surface area contributed by atoms with E-state index in [1.54, 1.807) is 13.1 Å². The maximum absolute atomic E-state index is 12.8. The number of hydrogen-bond acceptors (Lipinski definition) is 8. The summed E-state index contributed by atoms with van der Waals surface area (Å²) in [5.74, 6) is 0.288. The molecular weight excluding hydrogens is 458 g/mol. The highest BCUT2D eigenvalue weighted by Crippen LogP contribution is 2.38. The molecule has 0 fully saturated rings. The molecular formula is C23H27N5O3S2. The SMILES string of the molecule is CCOC(=O)c1c(NC(=O)CSc2nnc(-c3ccccn3)n2CC)sc2c1CCCCC2. The van der Waals surface area contributed by atoms with Gasteiger partial charge in [0.15, 0.2) is 11.0 Å². The molecule has 1 aliphatic rings. The third kappa shape index (κ3) is 5.27. The quantitative estimate of drug-likeness (QED) is 0.283. The number of anilines is 1. The maximum atomic E-state index is 12.8. The van der Waals surface area contributed by atoms with Crippen LogP contribution < -0.4 is 5.32 Å². The van der Waals surface area contributed by atoms with Gasteiger partial charge in [0.25, 0.3) is 0 Å². The number of nitrogens with one attached hydrogen (secondary N) is 1. The fourth-order valence-electron chi connectivity index (χ4n) is 3.91. The second-order valence-corrected chi connectivity index (χ2v) is 9.64. The number of thioether (sulfide) groups is 1. The Morgan fingerprint density at radius 1 is 1.18 bits per heavy atom. The van der Waals surface area contributed by atoms with Gasteiger partial charge in [0.2, 0.25) is 5.91 Å². The predicted molar refractivity (Wildman–Crippen MR) is 130 cm³/mol. The van der Waals surface area contributed by atoms with Gasteiger partial charge in [-0.15, -0.1) is 21.5 Å². The maximum Gasteiger partial charge on any atom is 0.341 e. The van der Waals surface area contributed by atoms with Crippen LogP contribution in [0, 0.1) is 0 Å². The highest BCUT2D eigenvalue weighted by atomic mass is 32.2. The fourth-order valence-corrected chi connectivity index (χ4v) is 6.00. The van der Waals surface area contributed by atoms with E-state index in [2.05, 4.69) is 20.5 Å². The molecule has 0 unspecified atom stereocenters. The number of carbonyl (C=O) groups excluding carboxylic acids is 2. The van der Waals surface area contributed by atoms with Crippen LogP contribution >= 0.6 is 23.1 Å². The lowest BCUT2D eigenvalue weighted by atomic mass is 10.1. The summed E-state index contributed by atoms with van der Waals surface area (Å²) in [7, 11) is 0. The number of rotatable bonds is 8. The van der Waals surface area contributed by atoms with Gasteiger partial charge in [-0.2, -0.15) is 0 Å². The number of aryl methyl sites for hydroxylation is 1. The van der Waals surface area contributed by atoms with Crippen molar-refractivity contribution in [3.8, 4) is 11.5 Å². The Hall–Kier alpha value is -2.72. The van der Waals surface area contributed by atoms with Crippen molar-refractivity contribution in [2.75, 3.05) is 17.7 Å². The van der Waals surface area contributed by atoms with Gasteiger partial charge >= 0.3 is 5.97 Å². The average Bonchev–Trinajstić information content (AvgIpc) is 3.31. The number of esters is 1. The van der Waals surface area contributed by atoms with Gasteiger partial charge in [-0.1, -0.05) is 24.2 Å². The summed E-state index contributed by atoms with van der Waals surface area (Å²) in [6, 6.07) is 5.64. The van der Waals surface area contributed by atoms with Crippen molar-refractivity contribution in [3.63, 3.8) is 0 Å². The van der Waals surface area contributed by atoms with Crippen molar-refractivity contribution in [1.29, 1.82) is 0 Å². The molecule has 0 spiro atoms. The van der Waals surface area contributed by atoms with E-state index in [4.69, 9.17) is 4.74 Å². The van der Waals surface area contributed by atoms with E-state index < -0.39 is 0 Å². The van der Waals surface area contributed by atoms with Crippen molar-refractivity contribution < 1.29 is 14.3 Å². The molecule has 0 atom stereocenters. The summed E-state index contributed by atoms with van der Waals surface area (Å²) >= 11 is 2.82. The predicted octanol–water partition coefficient (Wildman–Crippen LogP) is 4.60. The number of thiophene rings is 1. The van der Waals surface area contributed by atoms with Crippen molar-refractivity contribution in [2.45, 2.75) is 57.7 Å². The lowest BCUT2D eigenvalue weighted by molar-refractivity contribution is -0.113. The molecule has 3 aromatic heterocycles. The number of pyridine rings is 1. The zero-order valence-electron chi connectivity index (χ0n) is 18.8. The van der Waals surface area contributed by atoms with Crippen molar-refractivity contribution in [3.05, 3.63) is 40.4 Å². The molecule has 1 N–H and O–H groups in total. The van der Waals surface area contributed by atoms with E-state index in [9.17, 15) is 9.59 Å². The van der Waals surface area contributed by atoms with Crippen LogP contribution in [0.4, 0.5) is 5.00 Å². The Balaban J connectivity index is 1.49. The van der Waals surface area contributed by atoms with Crippen LogP contribution in [0.1, 0.15) is 53.9 Å². The van der Waals surface area contributed by atoms with E-state index in [1.807, 2.05) is 29.7 Å². The van der Waals surface area contributed by atoms with E-state index in [0.29, 0.717) is 34.7 Å². The Morgan fingerprint density at radius 2 is 2.03 bits per heavy atom. The summed E-state index contributed by atoms with van der Waals surface area (Å²) in [5.41, 5.74) is 2.32. The third-order valence-electron chi connectivity index (χ3n) is 5.41. The second kappa shape index (κ2) is 10.9. The molecule has 0 saturated heterocycles. The van der Waals surface area contributed by atoms with Crippen LogP contribution in [-0.4, -0.2) is 44.0 Å².